The van der Waals surface area contributed by atoms with Crippen LogP contribution in [0.2, 0.25) is 0 Å². The highest BCUT2D eigenvalue weighted by atomic mass is 32.1. The van der Waals surface area contributed by atoms with Crippen molar-refractivity contribution in [1.29, 1.82) is 0 Å². The highest BCUT2D eigenvalue weighted by Crippen LogP contribution is 2.16. The van der Waals surface area contributed by atoms with Crippen LogP contribution in [-0.4, -0.2) is 18.4 Å². The van der Waals surface area contributed by atoms with Crippen LogP contribution in [0.4, 0.5) is 8.78 Å². The number of hydroxylamine groups is 1. The summed E-state index contributed by atoms with van der Waals surface area (Å²) in [5, 5.41) is 0. The van der Waals surface area contributed by atoms with Crippen molar-refractivity contribution >= 4 is 23.6 Å². The van der Waals surface area contributed by atoms with E-state index in [0.717, 1.165) is 11.6 Å². The van der Waals surface area contributed by atoms with E-state index in [4.69, 9.17) is 0 Å². The second-order valence-corrected chi connectivity index (χ2v) is 3.13. The highest BCUT2D eigenvalue weighted by Gasteiger charge is 2.16. The van der Waals surface area contributed by atoms with E-state index in [1.165, 1.54) is 13.1 Å². The molecule has 100 valence electrons. The molecule has 0 bridgehead atoms. The Labute approximate surface area is 111 Å². The molecule has 0 saturated carbocycles. The van der Waals surface area contributed by atoms with Gasteiger partial charge >= 0.3 is 0 Å². The summed E-state index contributed by atoms with van der Waals surface area (Å²) >= 11 is 4.43. The second kappa shape index (κ2) is 8.52. The number of benzene rings is 1. The number of rotatable bonds is 3. The number of hydrogen-bond acceptors (Lipinski definition) is 3. The maximum atomic E-state index is 13.5. The van der Waals surface area contributed by atoms with Gasteiger partial charge in [-0.15, -0.1) is 0 Å². The van der Waals surface area contributed by atoms with E-state index in [9.17, 15) is 8.78 Å². The number of hydrogen-bond donors (Lipinski definition) is 1. The first-order chi connectivity index (χ1) is 8.61. The number of thiocarbonyl (C=S) groups is 1. The SMILES string of the molecule is CC.CN=C(NOC=S)c1c(C)ccc(F)c1F. The van der Waals surface area contributed by atoms with Gasteiger partial charge in [-0.1, -0.05) is 19.9 Å². The van der Waals surface area contributed by atoms with Crippen molar-refractivity contribution in [2.45, 2.75) is 20.8 Å². The van der Waals surface area contributed by atoms with Crippen molar-refractivity contribution in [3.63, 3.8) is 0 Å². The molecule has 6 heteroatoms. The zero-order valence-corrected chi connectivity index (χ0v) is 11.6. The summed E-state index contributed by atoms with van der Waals surface area (Å²) < 4.78 is 26.6. The number of nitrogens with zero attached hydrogens (tertiary/aromatic N) is 1. The van der Waals surface area contributed by atoms with E-state index < -0.39 is 11.6 Å². The highest BCUT2D eigenvalue weighted by molar-refractivity contribution is 7.78. The maximum absolute atomic E-state index is 13.5. The van der Waals surface area contributed by atoms with Crippen molar-refractivity contribution < 1.29 is 13.6 Å². The molecule has 18 heavy (non-hydrogen) atoms. The third kappa shape index (κ3) is 4.03. The van der Waals surface area contributed by atoms with Crippen LogP contribution >= 0.6 is 12.2 Å². The standard InChI is InChI=1S/C10H10F2N2OS.C2H6/c1-6-3-4-7(11)9(12)8(6)10(13-2)14-15-5-16;1-2/h3-5H,1-2H3,(H,13,14);1-2H3. The number of aliphatic imine (C=N–C) groups is 1. The van der Waals surface area contributed by atoms with Gasteiger partial charge in [0.15, 0.2) is 23.0 Å². The smallest absolute Gasteiger partial charge is 0.182 e. The molecule has 1 aromatic rings. The number of aryl methyl sites for hydroxylation is 1. The van der Waals surface area contributed by atoms with Crippen LogP contribution in [0.5, 0.6) is 0 Å². The third-order valence-corrected chi connectivity index (χ3v) is 2.06. The lowest BCUT2D eigenvalue weighted by molar-refractivity contribution is 0.268. The average molecular weight is 274 g/mol. The number of nitrogens with one attached hydrogen (secondary N) is 1. The molecule has 0 aliphatic rings. The van der Waals surface area contributed by atoms with Gasteiger partial charge in [-0.3, -0.25) is 4.99 Å². The summed E-state index contributed by atoms with van der Waals surface area (Å²) in [4.78, 5) is 8.38. The minimum absolute atomic E-state index is 0.0272. The van der Waals surface area contributed by atoms with Crippen LogP contribution in [0.25, 0.3) is 0 Å². The van der Waals surface area contributed by atoms with Crippen molar-refractivity contribution in [3.8, 4) is 0 Å². The maximum Gasteiger partial charge on any atom is 0.182 e. The lowest BCUT2D eigenvalue weighted by Gasteiger charge is -2.11. The summed E-state index contributed by atoms with van der Waals surface area (Å²) in [6, 6.07) is 2.51. The molecule has 0 saturated heterocycles. The van der Waals surface area contributed by atoms with Gasteiger partial charge in [0.2, 0.25) is 0 Å². The number of halogens is 2. The minimum atomic E-state index is -0.971. The molecule has 0 spiro atoms. The van der Waals surface area contributed by atoms with Gasteiger partial charge < -0.3 is 4.84 Å². The quantitative estimate of drug-likeness (QED) is 0.398. The number of amidine groups is 1. The van der Waals surface area contributed by atoms with E-state index in [2.05, 4.69) is 27.5 Å². The summed E-state index contributed by atoms with van der Waals surface area (Å²) in [7, 11) is 1.43. The molecule has 0 unspecified atom stereocenters. The van der Waals surface area contributed by atoms with Crippen molar-refractivity contribution in [3.05, 3.63) is 34.9 Å². The first kappa shape index (κ1) is 16.4. The lowest BCUT2D eigenvalue weighted by Crippen LogP contribution is -2.26. The summed E-state index contributed by atoms with van der Waals surface area (Å²) in [5.74, 6) is -1.83. The van der Waals surface area contributed by atoms with Crippen LogP contribution in [0, 0.1) is 18.6 Å². The van der Waals surface area contributed by atoms with E-state index >= 15 is 0 Å². The monoisotopic (exact) mass is 274 g/mol. The summed E-state index contributed by atoms with van der Waals surface area (Å²) in [6.07, 6.45) is 0. The first-order valence-corrected chi connectivity index (χ1v) is 5.86. The second-order valence-electron chi connectivity index (χ2n) is 2.94. The molecule has 3 nitrogen and oxygen atoms in total. The molecule has 0 heterocycles. The van der Waals surface area contributed by atoms with Gasteiger partial charge in [0.25, 0.3) is 0 Å². The molecule has 0 atom stereocenters. The van der Waals surface area contributed by atoms with Gasteiger partial charge in [-0.2, -0.15) is 0 Å². The van der Waals surface area contributed by atoms with E-state index in [0.29, 0.717) is 5.56 Å². The minimum Gasteiger partial charge on any atom is -0.377 e. The largest absolute Gasteiger partial charge is 0.377 e. The first-order valence-electron chi connectivity index (χ1n) is 5.38. The Hall–Kier alpha value is -1.56. The molecule has 0 radical (unpaired) electrons. The molecule has 1 aromatic carbocycles. The fraction of sp³-hybridized carbons (Fsp3) is 0.333. The molecule has 0 amide bonds. The van der Waals surface area contributed by atoms with Gasteiger partial charge in [-0.05, 0) is 30.8 Å². The molecule has 0 fully saturated rings. The fourth-order valence-corrected chi connectivity index (χ4v) is 1.27. The van der Waals surface area contributed by atoms with Gasteiger partial charge in [-0.25, -0.2) is 14.3 Å². The van der Waals surface area contributed by atoms with Gasteiger partial charge in [0.05, 0.1) is 5.56 Å². The van der Waals surface area contributed by atoms with Crippen molar-refractivity contribution in [2.24, 2.45) is 4.99 Å². The zero-order valence-electron chi connectivity index (χ0n) is 10.8. The van der Waals surface area contributed by atoms with Crippen LogP contribution in [0.15, 0.2) is 17.1 Å². The molecule has 1 N–H and O–H groups in total. The Balaban J connectivity index is 0.00000137. The Morgan fingerprint density at radius 3 is 2.50 bits per heavy atom. The molecular formula is C12H16F2N2OS. The normalized spacial score (nSPS) is 10.2. The van der Waals surface area contributed by atoms with E-state index in [1.807, 2.05) is 13.8 Å². The fourth-order valence-electron chi connectivity index (χ4n) is 1.23. The van der Waals surface area contributed by atoms with Crippen LogP contribution in [-0.2, 0) is 4.84 Å². The molecule has 0 aliphatic heterocycles. The Morgan fingerprint density at radius 1 is 1.39 bits per heavy atom. The topological polar surface area (TPSA) is 33.6 Å². The molecule has 0 aromatic heterocycles. The lowest BCUT2D eigenvalue weighted by atomic mass is 10.1. The van der Waals surface area contributed by atoms with Crippen LogP contribution in [0.1, 0.15) is 25.0 Å². The molecule has 1 rings (SSSR count). The van der Waals surface area contributed by atoms with Crippen LogP contribution < -0.4 is 5.48 Å². The summed E-state index contributed by atoms with van der Waals surface area (Å²) in [5.41, 5.74) is 3.85. The Morgan fingerprint density at radius 2 is 2.00 bits per heavy atom. The van der Waals surface area contributed by atoms with E-state index in [1.54, 1.807) is 6.92 Å². The zero-order chi connectivity index (χ0) is 14.1. The average Bonchev–Trinajstić information content (AvgIpc) is 2.40. The third-order valence-electron chi connectivity index (χ3n) is 1.97. The van der Waals surface area contributed by atoms with Gasteiger partial charge in [0.1, 0.15) is 0 Å². The summed E-state index contributed by atoms with van der Waals surface area (Å²) in [6.45, 7) is 5.64. The van der Waals surface area contributed by atoms with E-state index in [-0.39, 0.29) is 11.4 Å². The Kier molecular flexibility index (Phi) is 7.78. The molecule has 0 aliphatic carbocycles. The van der Waals surface area contributed by atoms with Crippen molar-refractivity contribution in [1.82, 2.24) is 5.48 Å². The Bertz CT molecular complexity index is 436. The predicted octanol–water partition coefficient (Wildman–Crippen LogP) is 3.15. The van der Waals surface area contributed by atoms with Gasteiger partial charge in [0, 0.05) is 7.05 Å². The van der Waals surface area contributed by atoms with Crippen LogP contribution in [0.3, 0.4) is 0 Å². The predicted molar refractivity (Wildman–Crippen MR) is 72.8 cm³/mol. The van der Waals surface area contributed by atoms with Crippen molar-refractivity contribution in [2.75, 3.05) is 7.05 Å². The molecular weight excluding hydrogens is 258 g/mol.